The molecule has 0 aliphatic heterocycles. The zero-order valence-electron chi connectivity index (χ0n) is 19.1. The molecule has 0 spiro atoms. The van der Waals surface area contributed by atoms with E-state index < -0.39 is 73.5 Å². The molecule has 0 aromatic heterocycles. The summed E-state index contributed by atoms with van der Waals surface area (Å²) in [6, 6.07) is 0. The molecule has 16 heteroatoms. The molecular formula is C17H31NO12P2S. The number of hydrogen-bond acceptors (Lipinski definition) is 11. The van der Waals surface area contributed by atoms with Crippen LogP contribution in [0.3, 0.4) is 0 Å². The SMILES string of the molecule is CC(=O)NCCCS(=O)(=O)OCC(C)(C)[C@H](C(=O)OCCOC(=O)OC(C)C)[P+]([O-])=[P+]([O-])O. The number of hydrogen-bond donors (Lipinski definition) is 2. The molecule has 0 radical (unpaired) electrons. The van der Waals surface area contributed by atoms with Crippen molar-refractivity contribution in [3.05, 3.63) is 0 Å². The third-order valence-electron chi connectivity index (χ3n) is 3.79. The van der Waals surface area contributed by atoms with Crippen LogP contribution in [0.25, 0.3) is 0 Å². The molecule has 13 nitrogen and oxygen atoms in total. The summed E-state index contributed by atoms with van der Waals surface area (Å²) >= 11 is 0. The molecule has 0 aromatic carbocycles. The number of amides is 1. The van der Waals surface area contributed by atoms with E-state index in [-0.39, 0.29) is 25.5 Å². The van der Waals surface area contributed by atoms with Gasteiger partial charge in [0.1, 0.15) is 13.2 Å². The van der Waals surface area contributed by atoms with Gasteiger partial charge >= 0.3 is 19.8 Å². The van der Waals surface area contributed by atoms with E-state index in [1.807, 2.05) is 0 Å². The fourth-order valence-corrected chi connectivity index (χ4v) is 6.31. The van der Waals surface area contributed by atoms with Crippen molar-refractivity contribution < 1.29 is 55.9 Å². The van der Waals surface area contributed by atoms with Crippen molar-refractivity contribution in [1.29, 1.82) is 0 Å². The van der Waals surface area contributed by atoms with Gasteiger partial charge in [-0.3, -0.25) is 8.98 Å². The van der Waals surface area contributed by atoms with Crippen molar-refractivity contribution in [1.82, 2.24) is 5.32 Å². The minimum Gasteiger partial charge on any atom is -0.594 e. The summed E-state index contributed by atoms with van der Waals surface area (Å²) in [4.78, 5) is 67.7. The number of carbonyl (C=O) groups excluding carboxylic acids is 3. The van der Waals surface area contributed by atoms with Crippen molar-refractivity contribution >= 4 is 43.2 Å². The Hall–Kier alpha value is -1.40. The van der Waals surface area contributed by atoms with Gasteiger partial charge < -0.3 is 29.3 Å². The third-order valence-corrected chi connectivity index (χ3v) is 8.45. The summed E-state index contributed by atoms with van der Waals surface area (Å²) < 4.78 is 43.4. The van der Waals surface area contributed by atoms with Gasteiger partial charge in [0, 0.05) is 18.9 Å². The minimum absolute atomic E-state index is 0.0732. The van der Waals surface area contributed by atoms with E-state index in [1.54, 1.807) is 13.8 Å². The molecular weight excluding hydrogens is 504 g/mol. The molecule has 33 heavy (non-hydrogen) atoms. The van der Waals surface area contributed by atoms with Gasteiger partial charge in [-0.1, -0.05) is 13.8 Å². The maximum atomic E-state index is 12.5. The first-order valence-electron chi connectivity index (χ1n) is 9.83. The molecule has 0 aromatic rings. The number of carbonyl (C=O) groups is 3. The molecule has 0 aliphatic carbocycles. The average molecular weight is 535 g/mol. The van der Waals surface area contributed by atoms with Crippen molar-refractivity contribution in [2.45, 2.75) is 52.8 Å². The maximum absolute atomic E-state index is 12.5. The fraction of sp³-hybridized carbons (Fsp3) is 0.824. The van der Waals surface area contributed by atoms with E-state index in [2.05, 4.69) is 10.1 Å². The summed E-state index contributed by atoms with van der Waals surface area (Å²) in [6.07, 6.45) is -1.33. The Bertz CT molecular complexity index is 809. The van der Waals surface area contributed by atoms with E-state index in [9.17, 15) is 37.5 Å². The number of rotatable bonds is 14. The molecule has 2 unspecified atom stereocenters. The number of ether oxygens (including phenoxy) is 3. The van der Waals surface area contributed by atoms with Gasteiger partial charge in [-0.05, 0) is 20.3 Å². The fourth-order valence-electron chi connectivity index (χ4n) is 2.27. The molecule has 0 aliphatic rings. The first-order chi connectivity index (χ1) is 15.1. The minimum atomic E-state index is -4.06. The number of esters is 1. The summed E-state index contributed by atoms with van der Waals surface area (Å²) in [5, 5.41) is 2.43. The van der Waals surface area contributed by atoms with Crippen LogP contribution in [0, 0.1) is 5.41 Å². The highest BCUT2D eigenvalue weighted by Gasteiger charge is 2.49. The van der Waals surface area contributed by atoms with E-state index in [1.165, 1.54) is 20.8 Å². The predicted octanol–water partition coefficient (Wildman–Crippen LogP) is -0.305. The quantitative estimate of drug-likeness (QED) is 0.127. The predicted molar refractivity (Wildman–Crippen MR) is 115 cm³/mol. The first-order valence-corrected chi connectivity index (χ1v) is 14.7. The monoisotopic (exact) mass is 535 g/mol. The van der Waals surface area contributed by atoms with Gasteiger partial charge in [0.05, 0.1) is 18.5 Å². The van der Waals surface area contributed by atoms with Gasteiger partial charge in [0.15, 0.2) is 0 Å². The van der Waals surface area contributed by atoms with Gasteiger partial charge in [-0.25, -0.2) is 9.59 Å². The van der Waals surface area contributed by atoms with Crippen molar-refractivity contribution in [2.24, 2.45) is 5.41 Å². The van der Waals surface area contributed by atoms with Gasteiger partial charge in [-0.2, -0.15) is 13.3 Å². The lowest BCUT2D eigenvalue weighted by Crippen LogP contribution is -2.41. The van der Waals surface area contributed by atoms with Crippen LogP contribution in [0.4, 0.5) is 4.79 Å². The Morgan fingerprint density at radius 2 is 1.70 bits per heavy atom. The molecule has 3 atom stereocenters. The van der Waals surface area contributed by atoms with Crippen LogP contribution >= 0.6 is 15.1 Å². The van der Waals surface area contributed by atoms with Crippen LogP contribution in [0.1, 0.15) is 41.0 Å². The van der Waals surface area contributed by atoms with Crippen LogP contribution in [-0.2, 0) is 38.1 Å². The van der Waals surface area contributed by atoms with Crippen LogP contribution < -0.4 is 15.1 Å². The Kier molecular flexibility index (Phi) is 14.1. The topological polar surface area (TPSA) is 201 Å². The average Bonchev–Trinajstić information content (AvgIpc) is 2.66. The van der Waals surface area contributed by atoms with Crippen molar-refractivity contribution in [3.63, 3.8) is 0 Å². The molecule has 0 saturated carbocycles. The zero-order chi connectivity index (χ0) is 25.8. The molecule has 0 heterocycles. The summed E-state index contributed by atoms with van der Waals surface area (Å²) in [5.74, 6) is -1.89. The van der Waals surface area contributed by atoms with Gasteiger partial charge in [0.2, 0.25) is 5.91 Å². The van der Waals surface area contributed by atoms with Crippen molar-refractivity contribution in [2.75, 3.05) is 32.1 Å². The van der Waals surface area contributed by atoms with Crippen LogP contribution in [0.15, 0.2) is 0 Å². The van der Waals surface area contributed by atoms with E-state index in [4.69, 9.17) is 13.7 Å². The molecule has 0 bridgehead atoms. The highest BCUT2D eigenvalue weighted by molar-refractivity contribution is 7.93. The van der Waals surface area contributed by atoms with Gasteiger partial charge in [0.25, 0.3) is 23.2 Å². The molecule has 0 fully saturated rings. The molecule has 0 rings (SSSR count). The normalized spacial score (nSPS) is 13.7. The highest BCUT2D eigenvalue weighted by atomic mass is 32.2. The molecule has 192 valence electrons. The number of nitrogens with one attached hydrogen (secondary N) is 1. The summed E-state index contributed by atoms with van der Waals surface area (Å²) in [6.45, 7) is 5.79. The van der Waals surface area contributed by atoms with Gasteiger partial charge in [-0.15, -0.1) is 0 Å². The lowest BCUT2D eigenvalue weighted by atomic mass is 9.90. The second-order valence-electron chi connectivity index (χ2n) is 7.74. The largest absolute Gasteiger partial charge is 0.594 e. The standard InChI is InChI=1S/C17H31NO12P2S/c1-12(2)30-16(21)28-9-8-27-15(20)14(31(22)32(23)24)17(4,5)11-29-33(25,26)10-6-7-18-13(3)19/h12,14H,6-11H2,1-5H3,(H,18,19)(H,23,24)/t14-/m0/s1. The van der Waals surface area contributed by atoms with Crippen molar-refractivity contribution in [3.8, 4) is 0 Å². The van der Waals surface area contributed by atoms with E-state index >= 15 is 0 Å². The maximum Gasteiger partial charge on any atom is 0.508 e. The summed E-state index contributed by atoms with van der Waals surface area (Å²) in [5.41, 5.74) is -3.17. The van der Waals surface area contributed by atoms with Crippen LogP contribution in [0.2, 0.25) is 0 Å². The Balaban J connectivity index is 5.07. The van der Waals surface area contributed by atoms with Crippen LogP contribution in [-0.4, -0.2) is 75.2 Å². The third kappa shape index (κ3) is 13.8. The van der Waals surface area contributed by atoms with Crippen LogP contribution in [0.5, 0.6) is 0 Å². The second kappa shape index (κ2) is 14.8. The molecule has 1 amide bonds. The second-order valence-corrected chi connectivity index (χ2v) is 13.3. The Morgan fingerprint density at radius 3 is 2.21 bits per heavy atom. The highest BCUT2D eigenvalue weighted by Crippen LogP contribution is 2.46. The zero-order valence-corrected chi connectivity index (χ0v) is 21.7. The molecule has 2 N–H and O–H groups in total. The lowest BCUT2D eigenvalue weighted by Gasteiger charge is -2.27. The van der Waals surface area contributed by atoms with E-state index in [0.717, 1.165) is 0 Å². The van der Waals surface area contributed by atoms with E-state index in [0.29, 0.717) is 0 Å². The molecule has 0 saturated heterocycles. The Morgan fingerprint density at radius 1 is 1.12 bits per heavy atom. The Labute approximate surface area is 195 Å². The summed E-state index contributed by atoms with van der Waals surface area (Å²) in [7, 11) is -10.4. The smallest absolute Gasteiger partial charge is 0.508 e. The first kappa shape index (κ1) is 31.6. The lowest BCUT2D eigenvalue weighted by molar-refractivity contribution is -0.182.